The molecule has 1 amide bonds. The van der Waals surface area contributed by atoms with E-state index >= 15 is 0 Å². The van der Waals surface area contributed by atoms with Crippen LogP contribution in [-0.2, 0) is 27.2 Å². The van der Waals surface area contributed by atoms with Crippen molar-refractivity contribution in [3.8, 4) is 0 Å². The molecule has 0 bridgehead atoms. The minimum absolute atomic E-state index is 0.0346. The van der Waals surface area contributed by atoms with Gasteiger partial charge < -0.3 is 18.9 Å². The normalized spacial score (nSPS) is 12.1. The van der Waals surface area contributed by atoms with Gasteiger partial charge in [0, 0.05) is 12.3 Å². The van der Waals surface area contributed by atoms with Crippen molar-refractivity contribution in [1.82, 2.24) is 5.32 Å². The molecule has 0 radical (unpaired) electrons. The number of carbonyl (C=O) groups is 2. The van der Waals surface area contributed by atoms with Crippen molar-refractivity contribution in [3.05, 3.63) is 80.9 Å². The van der Waals surface area contributed by atoms with Gasteiger partial charge in [-0.05, 0) is 55.5 Å². The van der Waals surface area contributed by atoms with Gasteiger partial charge in [-0.1, -0.05) is 30.3 Å². The summed E-state index contributed by atoms with van der Waals surface area (Å²) >= 11 is 0. The molecule has 0 saturated heterocycles. The fourth-order valence-electron chi connectivity index (χ4n) is 4.38. The Bertz CT molecular complexity index is 1430. The van der Waals surface area contributed by atoms with E-state index in [9.17, 15) is 14.4 Å². The topological polar surface area (TPSA) is 98.8 Å². The molecule has 2 heterocycles. The maximum absolute atomic E-state index is 13.0. The number of benzene rings is 2. The first kappa shape index (κ1) is 23.3. The largest absolute Gasteiger partial charge is 0.464 e. The highest BCUT2D eigenvalue weighted by atomic mass is 16.5. The number of aryl methyl sites for hydroxylation is 3. The maximum atomic E-state index is 13.0. The number of fused-ring (bicyclic) bond motifs is 3. The summed E-state index contributed by atoms with van der Waals surface area (Å²) in [4.78, 5) is 37.1. The third kappa shape index (κ3) is 4.73. The van der Waals surface area contributed by atoms with E-state index in [-0.39, 0.29) is 24.5 Å². The van der Waals surface area contributed by atoms with Crippen LogP contribution in [0.25, 0.3) is 21.9 Å². The van der Waals surface area contributed by atoms with Gasteiger partial charge in [-0.3, -0.25) is 9.59 Å². The maximum Gasteiger partial charge on any atom is 0.340 e. The van der Waals surface area contributed by atoms with Gasteiger partial charge >= 0.3 is 11.6 Å². The summed E-state index contributed by atoms with van der Waals surface area (Å²) in [6, 6.07) is 11.0. The number of esters is 1. The molecule has 34 heavy (non-hydrogen) atoms. The smallest absolute Gasteiger partial charge is 0.340 e. The standard InChI is InChI=1S/C27H27NO6/c1-15-10-22-25(26-24(15)16(2)13-33-26)17(3)21(27(31)34-22)12-23(30)28-20(14-32-18(4)29)11-19-8-6-5-7-9-19/h5-10,13,20H,11-12,14H2,1-4H3,(H,28,30). The first-order valence-corrected chi connectivity index (χ1v) is 11.1. The summed E-state index contributed by atoms with van der Waals surface area (Å²) in [5, 5.41) is 4.57. The quantitative estimate of drug-likeness (QED) is 0.326. The van der Waals surface area contributed by atoms with Crippen molar-refractivity contribution < 1.29 is 23.2 Å². The highest BCUT2D eigenvalue weighted by Crippen LogP contribution is 2.34. The molecule has 0 saturated carbocycles. The Hall–Kier alpha value is -3.87. The average Bonchev–Trinajstić information content (AvgIpc) is 3.17. The third-order valence-electron chi connectivity index (χ3n) is 5.98. The van der Waals surface area contributed by atoms with E-state index in [4.69, 9.17) is 13.6 Å². The van der Waals surface area contributed by atoms with Gasteiger partial charge in [0.2, 0.25) is 5.91 Å². The second-order valence-electron chi connectivity index (χ2n) is 8.62. The Kier molecular flexibility index (Phi) is 6.54. The Balaban J connectivity index is 1.63. The van der Waals surface area contributed by atoms with Crippen LogP contribution in [-0.4, -0.2) is 24.5 Å². The summed E-state index contributed by atoms with van der Waals surface area (Å²) < 4.78 is 16.5. The molecule has 0 aliphatic rings. The molecule has 1 N–H and O–H groups in total. The SMILES string of the molecule is CC(=O)OCC(Cc1ccccc1)NC(=O)Cc1c(C)c2c(cc(C)c3c(C)coc32)oc1=O. The third-order valence-corrected chi connectivity index (χ3v) is 5.98. The summed E-state index contributed by atoms with van der Waals surface area (Å²) in [5.41, 5.74) is 4.39. The van der Waals surface area contributed by atoms with Crippen molar-refractivity contribution in [2.75, 3.05) is 6.61 Å². The molecular weight excluding hydrogens is 434 g/mol. The molecule has 7 heteroatoms. The van der Waals surface area contributed by atoms with Gasteiger partial charge in [0.25, 0.3) is 0 Å². The number of carbonyl (C=O) groups excluding carboxylic acids is 2. The van der Waals surface area contributed by atoms with E-state index in [2.05, 4.69) is 5.32 Å². The zero-order valence-electron chi connectivity index (χ0n) is 19.7. The molecule has 7 nitrogen and oxygen atoms in total. The average molecular weight is 462 g/mol. The first-order chi connectivity index (χ1) is 16.2. The van der Waals surface area contributed by atoms with Crippen LogP contribution in [0.3, 0.4) is 0 Å². The minimum atomic E-state index is -0.554. The van der Waals surface area contributed by atoms with Crippen LogP contribution < -0.4 is 10.9 Å². The van der Waals surface area contributed by atoms with Crippen molar-refractivity contribution in [3.63, 3.8) is 0 Å². The number of amides is 1. The second kappa shape index (κ2) is 9.55. The van der Waals surface area contributed by atoms with E-state index in [0.717, 1.165) is 22.1 Å². The van der Waals surface area contributed by atoms with Crippen molar-refractivity contribution in [2.24, 2.45) is 0 Å². The molecule has 0 spiro atoms. The number of nitrogens with one attached hydrogen (secondary N) is 1. The molecule has 1 atom stereocenters. The molecule has 1 unspecified atom stereocenters. The van der Waals surface area contributed by atoms with Crippen LogP contribution in [0, 0.1) is 20.8 Å². The lowest BCUT2D eigenvalue weighted by molar-refractivity contribution is -0.142. The van der Waals surface area contributed by atoms with Crippen LogP contribution in [0.1, 0.15) is 34.7 Å². The summed E-state index contributed by atoms with van der Waals surface area (Å²) in [6.45, 7) is 7.06. The lowest BCUT2D eigenvalue weighted by atomic mass is 9.98. The highest BCUT2D eigenvalue weighted by Gasteiger charge is 2.21. The molecule has 0 aliphatic carbocycles. The van der Waals surface area contributed by atoms with Crippen molar-refractivity contribution >= 4 is 33.8 Å². The van der Waals surface area contributed by atoms with Gasteiger partial charge in [0.05, 0.1) is 29.7 Å². The lowest BCUT2D eigenvalue weighted by Crippen LogP contribution is -2.41. The van der Waals surface area contributed by atoms with Crippen molar-refractivity contribution in [1.29, 1.82) is 0 Å². The molecule has 4 aromatic rings. The molecule has 0 aliphatic heterocycles. The molecule has 2 aromatic carbocycles. The van der Waals surface area contributed by atoms with E-state index < -0.39 is 17.6 Å². The van der Waals surface area contributed by atoms with E-state index in [1.807, 2.05) is 50.2 Å². The van der Waals surface area contributed by atoms with E-state index in [0.29, 0.717) is 28.5 Å². The molecule has 176 valence electrons. The highest BCUT2D eigenvalue weighted by molar-refractivity contribution is 6.07. The molecule has 0 fully saturated rings. The second-order valence-corrected chi connectivity index (χ2v) is 8.62. The van der Waals surface area contributed by atoms with Crippen LogP contribution in [0.2, 0.25) is 0 Å². The van der Waals surface area contributed by atoms with Gasteiger partial charge in [0.15, 0.2) is 0 Å². The van der Waals surface area contributed by atoms with Gasteiger partial charge in [-0.25, -0.2) is 4.79 Å². The Morgan fingerprint density at radius 3 is 2.50 bits per heavy atom. The molecule has 4 rings (SSSR count). The Labute approximate surface area is 196 Å². The zero-order valence-corrected chi connectivity index (χ0v) is 19.7. The predicted octanol–water partition coefficient (Wildman–Crippen LogP) is 4.30. The number of ether oxygens (including phenoxy) is 1. The van der Waals surface area contributed by atoms with Gasteiger partial charge in [0.1, 0.15) is 17.8 Å². The molecular formula is C27H27NO6. The van der Waals surface area contributed by atoms with Crippen LogP contribution >= 0.6 is 0 Å². The lowest BCUT2D eigenvalue weighted by Gasteiger charge is -2.19. The fourth-order valence-corrected chi connectivity index (χ4v) is 4.38. The summed E-state index contributed by atoms with van der Waals surface area (Å²) in [5.74, 6) is -0.784. The van der Waals surface area contributed by atoms with Crippen LogP contribution in [0.15, 0.2) is 56.3 Å². The Morgan fingerprint density at radius 2 is 1.79 bits per heavy atom. The fraction of sp³-hybridized carbons (Fsp3) is 0.296. The van der Waals surface area contributed by atoms with Crippen molar-refractivity contribution in [2.45, 2.75) is 46.6 Å². The minimum Gasteiger partial charge on any atom is -0.464 e. The number of hydrogen-bond acceptors (Lipinski definition) is 6. The van der Waals surface area contributed by atoms with Crippen LogP contribution in [0.5, 0.6) is 0 Å². The van der Waals surface area contributed by atoms with Gasteiger partial charge in [-0.15, -0.1) is 0 Å². The van der Waals surface area contributed by atoms with Gasteiger partial charge in [-0.2, -0.15) is 0 Å². The number of hydrogen-bond donors (Lipinski definition) is 1. The predicted molar refractivity (Wildman–Crippen MR) is 129 cm³/mol. The monoisotopic (exact) mass is 461 g/mol. The summed E-state index contributed by atoms with van der Waals surface area (Å²) in [7, 11) is 0. The molecule has 2 aromatic heterocycles. The summed E-state index contributed by atoms with van der Waals surface area (Å²) in [6.07, 6.45) is 2.00. The number of furan rings is 1. The number of rotatable bonds is 7. The van der Waals surface area contributed by atoms with E-state index in [1.54, 1.807) is 13.2 Å². The van der Waals surface area contributed by atoms with E-state index in [1.165, 1.54) is 6.92 Å². The Morgan fingerprint density at radius 1 is 1.06 bits per heavy atom. The van der Waals surface area contributed by atoms with Crippen LogP contribution in [0.4, 0.5) is 0 Å². The first-order valence-electron chi connectivity index (χ1n) is 11.1. The zero-order chi connectivity index (χ0) is 24.4.